The molecule has 3 rings (SSSR count). The molecule has 0 aliphatic carbocycles. The predicted octanol–water partition coefficient (Wildman–Crippen LogP) is 2.65. The Bertz CT molecular complexity index is 957. The van der Waals surface area contributed by atoms with Crippen LogP contribution >= 0.6 is 15.9 Å². The van der Waals surface area contributed by atoms with Crippen molar-refractivity contribution >= 4 is 39.5 Å². The summed E-state index contributed by atoms with van der Waals surface area (Å²) < 4.78 is 6.78. The third kappa shape index (κ3) is 6.18. The molecule has 2 amide bonds. The van der Waals surface area contributed by atoms with Gasteiger partial charge in [-0.15, -0.1) is 0 Å². The topological polar surface area (TPSA) is 63.1 Å². The average Bonchev–Trinajstić information content (AvgIpc) is 2.77. The van der Waals surface area contributed by atoms with Gasteiger partial charge in [0, 0.05) is 17.4 Å². The Balaban J connectivity index is 1.71. The van der Waals surface area contributed by atoms with E-state index in [0.29, 0.717) is 18.0 Å². The Morgan fingerprint density at radius 3 is 2.68 bits per heavy atom. The molecule has 2 N–H and O–H groups in total. The number of carbonyl (C=O) groups is 2. The normalized spacial score (nSPS) is 14.5. The van der Waals surface area contributed by atoms with Crippen molar-refractivity contribution in [3.63, 3.8) is 0 Å². The minimum absolute atomic E-state index is 0.0485. The summed E-state index contributed by atoms with van der Waals surface area (Å²) in [5, 5.41) is 2.94. The molecular formula is C24H29BrN3O3+. The Hall–Kier alpha value is -2.64. The largest absolute Gasteiger partial charge is 0.449 e. The van der Waals surface area contributed by atoms with E-state index in [4.69, 9.17) is 4.74 Å². The molecule has 2 aromatic rings. The number of quaternary nitrogens is 1. The third-order valence-electron chi connectivity index (χ3n) is 5.31. The molecule has 7 heteroatoms. The van der Waals surface area contributed by atoms with Crippen LogP contribution < -0.4 is 19.9 Å². The van der Waals surface area contributed by atoms with E-state index >= 15 is 0 Å². The molecule has 0 fully saturated rings. The minimum atomic E-state index is -0.332. The molecule has 31 heavy (non-hydrogen) atoms. The highest BCUT2D eigenvalue weighted by atomic mass is 79.9. The molecule has 1 aliphatic rings. The van der Waals surface area contributed by atoms with Crippen LogP contribution in [0.25, 0.3) is 6.08 Å². The van der Waals surface area contributed by atoms with Crippen molar-refractivity contribution in [3.05, 3.63) is 64.3 Å². The highest BCUT2D eigenvalue weighted by Crippen LogP contribution is 2.35. The zero-order valence-corrected chi connectivity index (χ0v) is 19.6. The van der Waals surface area contributed by atoms with Gasteiger partial charge in [0.2, 0.25) is 5.91 Å². The monoisotopic (exact) mass is 486 g/mol. The molecule has 0 aromatic heterocycles. The first-order chi connectivity index (χ1) is 15.0. The van der Waals surface area contributed by atoms with Crippen molar-refractivity contribution in [3.8, 4) is 5.75 Å². The molecule has 6 nitrogen and oxygen atoms in total. The summed E-state index contributed by atoms with van der Waals surface area (Å²) in [5.41, 5.74) is 1.43. The number of fused-ring (bicyclic) bond motifs is 1. The number of benzene rings is 2. The number of hydrogen-bond acceptors (Lipinski definition) is 3. The zero-order chi connectivity index (χ0) is 22.2. The molecule has 0 saturated heterocycles. The lowest BCUT2D eigenvalue weighted by Crippen LogP contribution is -3.11. The first-order valence-corrected chi connectivity index (χ1v) is 11.5. The van der Waals surface area contributed by atoms with Gasteiger partial charge in [0.15, 0.2) is 11.5 Å². The van der Waals surface area contributed by atoms with E-state index in [1.165, 1.54) is 9.80 Å². The van der Waals surface area contributed by atoms with Gasteiger partial charge in [-0.2, -0.15) is 0 Å². The van der Waals surface area contributed by atoms with Crippen molar-refractivity contribution in [2.24, 2.45) is 0 Å². The van der Waals surface area contributed by atoms with Gasteiger partial charge in [-0.3, -0.25) is 14.5 Å². The van der Waals surface area contributed by atoms with Crippen LogP contribution in [-0.4, -0.2) is 44.5 Å². The van der Waals surface area contributed by atoms with Crippen molar-refractivity contribution < 1.29 is 19.2 Å². The number of nitrogens with zero attached hydrogens (tertiary/aromatic N) is 1. The molecule has 0 bridgehead atoms. The maximum absolute atomic E-state index is 13.1. The van der Waals surface area contributed by atoms with Crippen LogP contribution in [0.3, 0.4) is 0 Å². The maximum atomic E-state index is 13.1. The first-order valence-electron chi connectivity index (χ1n) is 10.7. The molecule has 164 valence electrons. The quantitative estimate of drug-likeness (QED) is 0.423. The Labute approximate surface area is 192 Å². The number of anilines is 1. The van der Waals surface area contributed by atoms with Crippen molar-refractivity contribution in [1.29, 1.82) is 0 Å². The van der Waals surface area contributed by atoms with Crippen LogP contribution in [0.4, 0.5) is 5.69 Å². The Morgan fingerprint density at radius 1 is 1.16 bits per heavy atom. The fraction of sp³-hybridized carbons (Fsp3) is 0.333. The van der Waals surface area contributed by atoms with E-state index in [0.717, 1.165) is 36.1 Å². The summed E-state index contributed by atoms with van der Waals surface area (Å²) in [6.07, 6.45) is 2.60. The van der Waals surface area contributed by atoms with Gasteiger partial charge in [0.25, 0.3) is 5.91 Å². The minimum Gasteiger partial charge on any atom is -0.449 e. The second-order valence-electron chi connectivity index (χ2n) is 7.44. The van der Waals surface area contributed by atoms with E-state index in [-0.39, 0.29) is 24.1 Å². The third-order valence-corrected chi connectivity index (χ3v) is 5.80. The molecular weight excluding hydrogens is 458 g/mol. The Kier molecular flexibility index (Phi) is 8.26. The van der Waals surface area contributed by atoms with Crippen LogP contribution in [0, 0.1) is 0 Å². The summed E-state index contributed by atoms with van der Waals surface area (Å²) in [7, 11) is 0. The van der Waals surface area contributed by atoms with Gasteiger partial charge in [0.1, 0.15) is 6.54 Å². The molecule has 0 saturated carbocycles. The van der Waals surface area contributed by atoms with Gasteiger partial charge in [-0.05, 0) is 49.8 Å². The SMILES string of the molecule is CC[NH+](CC)CCCNC(=O)CN1C(=O)C(=Cc2cccc(Br)c2)Oc2ccccc21. The molecule has 0 atom stereocenters. The number of rotatable bonds is 9. The molecule has 0 spiro atoms. The van der Waals surface area contributed by atoms with Gasteiger partial charge in [-0.25, -0.2) is 0 Å². The van der Waals surface area contributed by atoms with Crippen molar-refractivity contribution in [2.75, 3.05) is 37.6 Å². The van der Waals surface area contributed by atoms with E-state index in [2.05, 4.69) is 35.1 Å². The van der Waals surface area contributed by atoms with Crippen LogP contribution in [0.2, 0.25) is 0 Å². The van der Waals surface area contributed by atoms with E-state index in [1.54, 1.807) is 18.2 Å². The van der Waals surface area contributed by atoms with Gasteiger partial charge in [-0.1, -0.05) is 40.2 Å². The van der Waals surface area contributed by atoms with Crippen LogP contribution in [-0.2, 0) is 9.59 Å². The van der Waals surface area contributed by atoms with Crippen LogP contribution in [0.1, 0.15) is 25.8 Å². The van der Waals surface area contributed by atoms with E-state index in [1.807, 2.05) is 36.4 Å². The second-order valence-corrected chi connectivity index (χ2v) is 8.35. The van der Waals surface area contributed by atoms with Crippen molar-refractivity contribution in [2.45, 2.75) is 20.3 Å². The number of nitrogens with one attached hydrogen (secondary N) is 2. The predicted molar refractivity (Wildman–Crippen MR) is 126 cm³/mol. The van der Waals surface area contributed by atoms with Crippen molar-refractivity contribution in [1.82, 2.24) is 5.32 Å². The second kappa shape index (κ2) is 11.1. The number of ether oxygens (including phenoxy) is 1. The molecule has 0 unspecified atom stereocenters. The fourth-order valence-electron chi connectivity index (χ4n) is 3.54. The lowest BCUT2D eigenvalue weighted by Gasteiger charge is -2.30. The van der Waals surface area contributed by atoms with E-state index in [9.17, 15) is 9.59 Å². The summed E-state index contributed by atoms with van der Waals surface area (Å²) in [4.78, 5) is 28.7. The van der Waals surface area contributed by atoms with Gasteiger partial charge in [0.05, 0.1) is 25.3 Å². The van der Waals surface area contributed by atoms with Crippen LogP contribution in [0.5, 0.6) is 5.75 Å². The average molecular weight is 487 g/mol. The highest BCUT2D eigenvalue weighted by molar-refractivity contribution is 9.10. The zero-order valence-electron chi connectivity index (χ0n) is 18.0. The molecule has 1 aliphatic heterocycles. The Morgan fingerprint density at radius 2 is 1.94 bits per heavy atom. The molecule has 1 heterocycles. The number of carbonyl (C=O) groups excluding carboxylic acids is 2. The molecule has 2 aromatic carbocycles. The standard InChI is InChI=1S/C24H28BrN3O3/c1-3-27(4-2)14-8-13-26-23(29)17-28-20-11-5-6-12-21(20)31-22(24(28)30)16-18-9-7-10-19(25)15-18/h5-7,9-12,15-16H,3-4,8,13-14,17H2,1-2H3,(H,26,29)/p+1. The summed E-state index contributed by atoms with van der Waals surface area (Å²) in [6, 6.07) is 14.9. The number of amides is 2. The summed E-state index contributed by atoms with van der Waals surface area (Å²) in [5.74, 6) is 0.235. The van der Waals surface area contributed by atoms with Crippen LogP contribution in [0.15, 0.2) is 58.8 Å². The first kappa shape index (κ1) is 23.0. The lowest BCUT2D eigenvalue weighted by atomic mass is 10.1. The smallest absolute Gasteiger partial charge is 0.294 e. The summed E-state index contributed by atoms with van der Waals surface area (Å²) in [6.45, 7) is 8.06. The fourth-order valence-corrected chi connectivity index (χ4v) is 3.95. The summed E-state index contributed by atoms with van der Waals surface area (Å²) >= 11 is 3.44. The number of para-hydroxylation sites is 2. The van der Waals surface area contributed by atoms with Gasteiger partial charge < -0.3 is 15.0 Å². The van der Waals surface area contributed by atoms with Gasteiger partial charge >= 0.3 is 0 Å². The molecule has 0 radical (unpaired) electrons. The highest BCUT2D eigenvalue weighted by Gasteiger charge is 2.31. The number of hydrogen-bond donors (Lipinski definition) is 2. The lowest BCUT2D eigenvalue weighted by molar-refractivity contribution is -0.896. The maximum Gasteiger partial charge on any atom is 0.294 e. The number of halogens is 1. The van der Waals surface area contributed by atoms with E-state index < -0.39 is 0 Å².